The number of hydrogen-bond donors (Lipinski definition) is 4. The van der Waals surface area contributed by atoms with Gasteiger partial charge in [-0.15, -0.1) is 0 Å². The average Bonchev–Trinajstić information content (AvgIpc) is 3.80. The van der Waals surface area contributed by atoms with Crippen molar-refractivity contribution in [2.24, 2.45) is 0 Å². The number of piperidine rings is 1. The normalized spacial score (nSPS) is 26.1. The number of fused-ring (bicyclic) bond motifs is 2. The number of esters is 1. The van der Waals surface area contributed by atoms with Gasteiger partial charge in [0, 0.05) is 65.4 Å². The van der Waals surface area contributed by atoms with Crippen molar-refractivity contribution in [1.29, 1.82) is 0 Å². The number of rotatable bonds is 7. The summed E-state index contributed by atoms with van der Waals surface area (Å²) in [7, 11) is 5.19. The van der Waals surface area contributed by atoms with E-state index in [1.54, 1.807) is 25.1 Å². The molecule has 63 heavy (non-hydrogen) atoms. The fraction of sp³-hybridized carbons (Fsp3) is 0.444. The highest BCUT2D eigenvalue weighted by molar-refractivity contribution is 6.01. The molecule has 3 aromatic rings. The molecule has 6 rings (SSSR count). The summed E-state index contributed by atoms with van der Waals surface area (Å²) in [4.78, 5) is 123. The number of pyridine rings is 1. The highest BCUT2D eigenvalue weighted by atomic mass is 16.5. The summed E-state index contributed by atoms with van der Waals surface area (Å²) in [5.74, 6) is -7.64. The van der Waals surface area contributed by atoms with Gasteiger partial charge in [-0.1, -0.05) is 49.4 Å². The second-order valence-corrected chi connectivity index (χ2v) is 16.0. The first kappa shape index (κ1) is 41.5. The lowest BCUT2D eigenvalue weighted by Crippen LogP contribution is -2.61. The number of cyclic esters (lactones) is 1. The number of nitrogens with one attached hydrogen (secondary N) is 3. The summed E-state index contributed by atoms with van der Waals surface area (Å²) in [6, 6.07) is 5.03. The van der Waals surface area contributed by atoms with Crippen LogP contribution in [-0.2, 0) is 44.7 Å². The van der Waals surface area contributed by atoms with E-state index in [0.29, 0.717) is 12.0 Å². The zero-order valence-electron chi connectivity index (χ0n) is 38.8. The molecule has 7 atom stereocenters. The van der Waals surface area contributed by atoms with Gasteiger partial charge in [0.15, 0.2) is 11.7 Å². The maximum Gasteiger partial charge on any atom is 0.333 e. The second kappa shape index (κ2) is 19.9. The van der Waals surface area contributed by atoms with Gasteiger partial charge in [-0.25, -0.2) is 9.78 Å². The van der Waals surface area contributed by atoms with E-state index in [-0.39, 0.29) is 50.1 Å². The molecule has 0 spiro atoms. The van der Waals surface area contributed by atoms with E-state index in [4.69, 9.17) is 8.85 Å². The van der Waals surface area contributed by atoms with Crippen LogP contribution in [0.15, 0.2) is 72.9 Å². The molecule has 3 fully saturated rings. The third-order valence-corrected chi connectivity index (χ3v) is 11.7. The second-order valence-electron chi connectivity index (χ2n) is 16.0. The number of aromatic nitrogens is 1. The Hall–Kier alpha value is -6.85. The van der Waals surface area contributed by atoms with Crippen LogP contribution in [-0.4, -0.2) is 143 Å². The standard InChI is InChI=1S/C45H54N8O10/c1-6-31-42(59)52-22-11-14-32(52)43(60)51(5)34(24-27-16-18-29(19-17-27)50(3)4)44(61)53-23-20-30(54)25-33(53)39(56)49-37(28-12-8-7-9-13-28)45(62)63-26(2)36(40(57)47-31)48-41(58)38-35(55)15-10-21-46-38/h7-10,12-13,15-19,21,26,31-34,36-37,55H,6,11,14,20,22-25H2,1-5H3,(H,47,57)(H,48,58)(H,49,56)/t26-,31-,32+,33+,34?,36+,37+/m1/s1/i10D,15D,21D. The van der Waals surface area contributed by atoms with E-state index >= 15 is 0 Å². The number of carbonyl (C=O) groups excluding carboxylic acids is 8. The molecule has 0 radical (unpaired) electrons. The first-order valence-electron chi connectivity index (χ1n) is 22.3. The number of ketones is 1. The highest BCUT2D eigenvalue weighted by Crippen LogP contribution is 2.27. The molecule has 6 amide bonds. The number of Topliss-reactive ketones (excluding diaryl/α,β-unsaturated/α-hetero) is 1. The Labute approximate surface area is 369 Å². The lowest BCUT2D eigenvalue weighted by atomic mass is 9.95. The van der Waals surface area contributed by atoms with Crippen molar-refractivity contribution >= 4 is 52.9 Å². The quantitative estimate of drug-likeness (QED) is 0.246. The number of ether oxygens (including phenoxy) is 1. The molecule has 18 heteroatoms. The molecule has 334 valence electrons. The first-order valence-corrected chi connectivity index (χ1v) is 20.8. The lowest BCUT2D eigenvalue weighted by molar-refractivity contribution is -0.156. The zero-order chi connectivity index (χ0) is 48.1. The Morgan fingerprint density at radius 1 is 0.937 bits per heavy atom. The molecule has 1 unspecified atom stereocenters. The molecule has 0 aliphatic carbocycles. The Balaban J connectivity index is 1.44. The highest BCUT2D eigenvalue weighted by Gasteiger charge is 2.45. The predicted octanol–water partition coefficient (Wildman–Crippen LogP) is 1.27. The molecule has 0 saturated carbocycles. The lowest BCUT2D eigenvalue weighted by Gasteiger charge is -2.40. The van der Waals surface area contributed by atoms with Crippen molar-refractivity contribution in [2.45, 2.75) is 94.7 Å². The van der Waals surface area contributed by atoms with Gasteiger partial charge in [-0.3, -0.25) is 33.6 Å². The summed E-state index contributed by atoms with van der Waals surface area (Å²) in [6.07, 6.45) is -2.31. The van der Waals surface area contributed by atoms with Crippen LogP contribution in [0.4, 0.5) is 5.69 Å². The monoisotopic (exact) mass is 869 g/mol. The van der Waals surface area contributed by atoms with E-state index in [9.17, 15) is 43.5 Å². The third-order valence-electron chi connectivity index (χ3n) is 11.7. The fourth-order valence-electron chi connectivity index (χ4n) is 8.07. The van der Waals surface area contributed by atoms with Crippen molar-refractivity contribution in [1.82, 2.24) is 35.6 Å². The van der Waals surface area contributed by atoms with E-state index in [1.807, 2.05) is 43.3 Å². The van der Waals surface area contributed by atoms with Crippen molar-refractivity contribution in [3.8, 4) is 5.75 Å². The number of hydrogen-bond acceptors (Lipinski definition) is 12. The van der Waals surface area contributed by atoms with Gasteiger partial charge < -0.3 is 45.4 Å². The van der Waals surface area contributed by atoms with Crippen molar-refractivity contribution in [2.75, 3.05) is 39.1 Å². The molecule has 2 aromatic carbocycles. The number of aromatic hydroxyl groups is 1. The van der Waals surface area contributed by atoms with Gasteiger partial charge >= 0.3 is 5.97 Å². The van der Waals surface area contributed by atoms with E-state index in [1.165, 1.54) is 40.8 Å². The van der Waals surface area contributed by atoms with Crippen LogP contribution < -0.4 is 20.9 Å². The van der Waals surface area contributed by atoms with Crippen LogP contribution in [0.2, 0.25) is 0 Å². The van der Waals surface area contributed by atoms with Crippen molar-refractivity contribution in [3.05, 3.63) is 89.7 Å². The molecule has 18 nitrogen and oxygen atoms in total. The summed E-state index contributed by atoms with van der Waals surface area (Å²) in [5.41, 5.74) is 0.889. The van der Waals surface area contributed by atoms with Gasteiger partial charge in [-0.2, -0.15) is 0 Å². The van der Waals surface area contributed by atoms with Gasteiger partial charge in [-0.05, 0) is 61.5 Å². The minimum atomic E-state index is -1.86. The number of nitrogens with zero attached hydrogens (tertiary/aromatic N) is 5. The smallest absolute Gasteiger partial charge is 0.333 e. The molecule has 3 saturated heterocycles. The maximum absolute atomic E-state index is 15.0. The zero-order valence-corrected chi connectivity index (χ0v) is 35.8. The van der Waals surface area contributed by atoms with Crippen LogP contribution in [0.5, 0.6) is 5.75 Å². The summed E-state index contributed by atoms with van der Waals surface area (Å²) >= 11 is 0. The van der Waals surface area contributed by atoms with Crippen LogP contribution >= 0.6 is 0 Å². The Morgan fingerprint density at radius 2 is 1.63 bits per heavy atom. The summed E-state index contributed by atoms with van der Waals surface area (Å²) in [5, 5.41) is 18.2. The first-order chi connectivity index (χ1) is 31.3. The van der Waals surface area contributed by atoms with Gasteiger partial charge in [0.25, 0.3) is 5.91 Å². The molecule has 3 aliphatic rings. The van der Waals surface area contributed by atoms with Crippen LogP contribution in [0.3, 0.4) is 0 Å². The van der Waals surface area contributed by atoms with Gasteiger partial charge in [0.2, 0.25) is 29.5 Å². The maximum atomic E-state index is 15.0. The Bertz CT molecular complexity index is 2390. The summed E-state index contributed by atoms with van der Waals surface area (Å²) in [6.45, 7) is 2.79. The van der Waals surface area contributed by atoms with Crippen LogP contribution in [0.25, 0.3) is 0 Å². The predicted molar refractivity (Wildman–Crippen MR) is 228 cm³/mol. The number of anilines is 1. The van der Waals surface area contributed by atoms with Gasteiger partial charge in [0.1, 0.15) is 47.8 Å². The van der Waals surface area contributed by atoms with E-state index in [2.05, 4.69) is 20.9 Å². The molecular weight excluding hydrogens is 813 g/mol. The summed E-state index contributed by atoms with van der Waals surface area (Å²) < 4.78 is 29.5. The topological polar surface area (TPSA) is 228 Å². The molecule has 4 N–H and O–H groups in total. The van der Waals surface area contributed by atoms with Crippen LogP contribution in [0.1, 0.15) is 77.7 Å². The number of carbonyl (C=O) groups is 8. The Morgan fingerprint density at radius 3 is 2.32 bits per heavy atom. The van der Waals surface area contributed by atoms with Crippen molar-refractivity contribution in [3.63, 3.8) is 0 Å². The molecule has 1 aromatic heterocycles. The SMILES string of the molecule is [2H]c1nc(C(=O)N[C@@H]2C(=O)N[C@H](CC)C(=O)N3CCC[C@H]3C(=O)N(C)C(Cc3ccc(N(C)C)cc3)C(=O)N3CCC(=O)C[C@H]3C(=O)N[C@@H](c3ccccc3)C(=O)O[C@@H]2C)c(O)c([2H])c1[2H]. The minimum Gasteiger partial charge on any atom is -0.505 e. The Kier molecular flexibility index (Phi) is 13.1. The number of likely N-dealkylation sites (N-methyl/N-ethyl adjacent to an activating group) is 1. The number of amides is 6. The van der Waals surface area contributed by atoms with E-state index < -0.39 is 120 Å². The average molecular weight is 870 g/mol. The molecule has 0 bridgehead atoms. The number of benzene rings is 2. The third kappa shape index (κ3) is 10.3. The molecule has 3 aliphatic heterocycles. The van der Waals surface area contributed by atoms with Crippen molar-refractivity contribution < 1.29 is 52.3 Å². The molecule has 4 heterocycles. The molecular formula is C45H54N8O10. The van der Waals surface area contributed by atoms with Gasteiger partial charge in [0.05, 0.1) is 4.11 Å². The van der Waals surface area contributed by atoms with Crippen LogP contribution in [0, 0.1) is 0 Å². The largest absolute Gasteiger partial charge is 0.505 e. The minimum absolute atomic E-state index is 0.00139. The fourth-order valence-corrected chi connectivity index (χ4v) is 8.07. The van der Waals surface area contributed by atoms with E-state index in [0.717, 1.165) is 5.69 Å².